The molecule has 8 aromatic rings. The second kappa shape index (κ2) is 16.1. The number of nitrogens with zero attached hydrogens (tertiary/aromatic N) is 2. The molecule has 374 valence electrons. The van der Waals surface area contributed by atoms with Crippen molar-refractivity contribution < 1.29 is 0 Å². The van der Waals surface area contributed by atoms with Crippen LogP contribution in [0.5, 0.6) is 0 Å². The van der Waals surface area contributed by atoms with Gasteiger partial charge in [-0.15, -0.1) is 11.3 Å². The van der Waals surface area contributed by atoms with Crippen molar-refractivity contribution in [1.29, 1.82) is 0 Å². The maximum atomic E-state index is 2.80. The van der Waals surface area contributed by atoms with Gasteiger partial charge in [0.15, 0.2) is 0 Å². The molecule has 0 fully saturated rings. The lowest BCUT2D eigenvalue weighted by atomic mass is 9.35. The molecule has 2 nitrogen and oxygen atoms in total. The number of rotatable bonds is 5. The van der Waals surface area contributed by atoms with E-state index < -0.39 is 0 Å². The highest BCUT2D eigenvalue weighted by Crippen LogP contribution is 2.55. The van der Waals surface area contributed by atoms with Crippen LogP contribution >= 0.6 is 11.3 Å². The Labute approximate surface area is 447 Å². The number of anilines is 5. The largest absolute Gasteiger partial charge is 0.337 e. The predicted octanol–water partition coefficient (Wildman–Crippen LogP) is 17.5. The number of fused-ring (bicyclic) bond motifs is 9. The zero-order chi connectivity index (χ0) is 51.6. The molecular weight excluding hydrogens is 912 g/mol. The summed E-state index contributed by atoms with van der Waals surface area (Å²) in [4.78, 5) is 5.53. The zero-order valence-electron chi connectivity index (χ0n) is 46.5. The van der Waals surface area contributed by atoms with E-state index in [1.165, 1.54) is 160 Å². The molecule has 0 saturated heterocycles. The Bertz CT molecular complexity index is 3620. The summed E-state index contributed by atoms with van der Waals surface area (Å²) in [6, 6.07) is 52.8. The van der Waals surface area contributed by atoms with Crippen LogP contribution in [0.1, 0.15) is 166 Å². The van der Waals surface area contributed by atoms with Gasteiger partial charge in [0.1, 0.15) is 0 Å². The number of aryl methyl sites for hydroxylation is 1. The minimum atomic E-state index is 0.0556. The summed E-state index contributed by atoms with van der Waals surface area (Å²) in [5.74, 6) is 0. The average Bonchev–Trinajstić information content (AvgIpc) is 3.75. The fourth-order valence-electron chi connectivity index (χ4n) is 14.6. The summed E-state index contributed by atoms with van der Waals surface area (Å²) in [6.07, 6.45) is 7.14. The minimum absolute atomic E-state index is 0.0556. The highest BCUT2D eigenvalue weighted by Gasteiger charge is 2.49. The molecular formula is C70H75BN2S. The van der Waals surface area contributed by atoms with E-state index in [0.717, 1.165) is 6.54 Å². The SMILES string of the molecule is Cc1cc2c3c(c1)N(c1ccc4c(c1)C(C)(C)CCC4(C)C)c1cc4c(cc1B3c1sc3cc5c(cc3c1N2Cc1cc(-c2ccccc2)ccc1-c1ccccc1)C(C)(C)CCC5(C)C)C(C)(C)CCC4(C)C. The van der Waals surface area contributed by atoms with Crippen LogP contribution in [0.3, 0.4) is 0 Å². The van der Waals surface area contributed by atoms with Gasteiger partial charge in [0.2, 0.25) is 0 Å². The Hall–Kier alpha value is -5.84. The second-order valence-electron chi connectivity index (χ2n) is 27.4. The van der Waals surface area contributed by atoms with Crippen LogP contribution in [-0.4, -0.2) is 6.71 Å². The molecule has 13 rings (SSSR count). The van der Waals surface area contributed by atoms with Crippen LogP contribution in [0.4, 0.5) is 28.4 Å². The molecule has 0 amide bonds. The lowest BCUT2D eigenvalue weighted by Gasteiger charge is -2.47. The van der Waals surface area contributed by atoms with Crippen molar-refractivity contribution in [2.24, 2.45) is 0 Å². The Morgan fingerprint density at radius 2 is 0.986 bits per heavy atom. The third kappa shape index (κ3) is 7.23. The third-order valence-corrected chi connectivity index (χ3v) is 20.8. The number of benzene rings is 7. The van der Waals surface area contributed by atoms with Crippen molar-refractivity contribution in [3.63, 3.8) is 0 Å². The normalized spacial score (nSPS) is 19.7. The third-order valence-electron chi connectivity index (χ3n) is 19.6. The maximum absolute atomic E-state index is 2.80. The molecule has 1 aromatic heterocycles. The summed E-state index contributed by atoms with van der Waals surface area (Å²) >= 11 is 2.09. The van der Waals surface area contributed by atoms with Gasteiger partial charge in [0.25, 0.3) is 6.71 Å². The Balaban J connectivity index is 1.14. The molecule has 7 aromatic carbocycles. The van der Waals surface area contributed by atoms with E-state index in [-0.39, 0.29) is 39.2 Å². The van der Waals surface area contributed by atoms with E-state index in [1.807, 2.05) is 0 Å². The molecule has 0 bridgehead atoms. The molecule has 74 heavy (non-hydrogen) atoms. The average molecular weight is 987 g/mol. The molecule has 0 radical (unpaired) electrons. The quantitative estimate of drug-likeness (QED) is 0.159. The molecule has 2 aliphatic heterocycles. The maximum Gasteiger partial charge on any atom is 0.264 e. The first kappa shape index (κ1) is 47.8. The van der Waals surface area contributed by atoms with Crippen molar-refractivity contribution in [3.8, 4) is 22.3 Å². The van der Waals surface area contributed by atoms with E-state index in [9.17, 15) is 0 Å². The highest BCUT2D eigenvalue weighted by molar-refractivity contribution is 7.33. The summed E-state index contributed by atoms with van der Waals surface area (Å²) in [6.45, 7) is 33.0. The number of hydrogen-bond acceptors (Lipinski definition) is 3. The van der Waals surface area contributed by atoms with Crippen LogP contribution in [0.2, 0.25) is 0 Å². The summed E-state index contributed by atoms with van der Waals surface area (Å²) in [5, 5.41) is 1.41. The van der Waals surface area contributed by atoms with Gasteiger partial charge >= 0.3 is 0 Å². The molecule has 0 atom stereocenters. The molecule has 4 heteroatoms. The lowest BCUT2D eigenvalue weighted by Crippen LogP contribution is -2.61. The summed E-state index contributed by atoms with van der Waals surface area (Å²) < 4.78 is 2.90. The van der Waals surface area contributed by atoms with Gasteiger partial charge < -0.3 is 9.80 Å². The predicted molar refractivity (Wildman–Crippen MR) is 321 cm³/mol. The minimum Gasteiger partial charge on any atom is -0.337 e. The van der Waals surface area contributed by atoms with Gasteiger partial charge in [-0.25, -0.2) is 0 Å². The molecule has 3 aliphatic carbocycles. The van der Waals surface area contributed by atoms with E-state index in [0.29, 0.717) is 0 Å². The molecule has 3 heterocycles. The zero-order valence-corrected chi connectivity index (χ0v) is 47.3. The van der Waals surface area contributed by atoms with Crippen molar-refractivity contribution in [3.05, 3.63) is 178 Å². The first-order valence-corrected chi connectivity index (χ1v) is 28.8. The Morgan fingerprint density at radius 1 is 0.459 bits per heavy atom. The van der Waals surface area contributed by atoms with Crippen LogP contribution in [0.25, 0.3) is 32.3 Å². The molecule has 0 spiro atoms. The number of thiophene rings is 1. The van der Waals surface area contributed by atoms with Gasteiger partial charge in [-0.1, -0.05) is 168 Å². The van der Waals surface area contributed by atoms with E-state index in [4.69, 9.17) is 0 Å². The van der Waals surface area contributed by atoms with Gasteiger partial charge in [-0.3, -0.25) is 0 Å². The smallest absolute Gasteiger partial charge is 0.264 e. The van der Waals surface area contributed by atoms with Gasteiger partial charge in [0, 0.05) is 44.2 Å². The van der Waals surface area contributed by atoms with Crippen molar-refractivity contribution in [2.75, 3.05) is 9.80 Å². The van der Waals surface area contributed by atoms with Crippen molar-refractivity contribution in [2.45, 2.75) is 168 Å². The van der Waals surface area contributed by atoms with E-state index in [2.05, 4.69) is 245 Å². The molecule has 0 saturated carbocycles. The van der Waals surface area contributed by atoms with Gasteiger partial charge in [0.05, 0.1) is 5.69 Å². The molecule has 0 unspecified atom stereocenters. The Morgan fingerprint density at radius 3 is 1.61 bits per heavy atom. The first-order valence-electron chi connectivity index (χ1n) is 27.9. The lowest BCUT2D eigenvalue weighted by molar-refractivity contribution is 0.332. The van der Waals surface area contributed by atoms with E-state index >= 15 is 0 Å². The first-order chi connectivity index (χ1) is 35.0. The summed E-state index contributed by atoms with van der Waals surface area (Å²) in [7, 11) is 0. The standard InChI is InChI=1S/C70H75BN2S/c1-43-34-59-62-60(35-43)73(48-25-27-51-52(37-48)66(4,5)29-28-65(51,2)3)58-40-55-54(68(8,9)31-32-69(55,10)11)39-57(58)71(62)64-63(50-38-53-56(41-61(50)74-64)70(12,13)33-30-67(53,6)7)72(59)42-47-36-46(44-20-16-14-17-21-44)24-26-49(47)45-22-18-15-19-23-45/h14-27,34-41H,28-33,42H2,1-13H3. The highest BCUT2D eigenvalue weighted by atomic mass is 32.1. The fourth-order valence-corrected chi connectivity index (χ4v) is 15.9. The monoisotopic (exact) mass is 987 g/mol. The molecule has 0 N–H and O–H groups in total. The number of hydrogen-bond donors (Lipinski definition) is 0. The molecule has 5 aliphatic rings. The van der Waals surface area contributed by atoms with Gasteiger partial charge in [-0.2, -0.15) is 0 Å². The fraction of sp³-hybridized carbons (Fsp3) is 0.371. The topological polar surface area (TPSA) is 6.48 Å². The van der Waals surface area contributed by atoms with Crippen molar-refractivity contribution in [1.82, 2.24) is 0 Å². The van der Waals surface area contributed by atoms with Crippen LogP contribution in [0.15, 0.2) is 133 Å². The van der Waals surface area contributed by atoms with E-state index in [1.54, 1.807) is 0 Å². The van der Waals surface area contributed by atoms with Crippen LogP contribution in [0, 0.1) is 6.92 Å². The second-order valence-corrected chi connectivity index (χ2v) is 28.5. The van der Waals surface area contributed by atoms with Crippen LogP contribution in [-0.2, 0) is 39.0 Å². The van der Waals surface area contributed by atoms with Crippen LogP contribution < -0.4 is 25.5 Å². The summed E-state index contributed by atoms with van der Waals surface area (Å²) in [5.41, 5.74) is 26.9. The van der Waals surface area contributed by atoms with Crippen molar-refractivity contribution >= 4 is 72.3 Å². The van der Waals surface area contributed by atoms with Gasteiger partial charge in [-0.05, 0) is 204 Å². The Kier molecular flexibility index (Phi) is 10.4.